The minimum absolute atomic E-state index is 0. The van der Waals surface area contributed by atoms with Crippen LogP contribution in [0.5, 0.6) is 0 Å². The average molecular weight is 353 g/mol. The van der Waals surface area contributed by atoms with Crippen molar-refractivity contribution in [2.75, 3.05) is 6.61 Å². The van der Waals surface area contributed by atoms with Crippen LogP contribution in [0.25, 0.3) is 0 Å². The van der Waals surface area contributed by atoms with Gasteiger partial charge in [-0.1, -0.05) is 13.8 Å². The molecule has 0 aromatic carbocycles. The fourth-order valence-electron chi connectivity index (χ4n) is 0.882. The van der Waals surface area contributed by atoms with Crippen LogP contribution < -0.4 is 0 Å². The molecule has 0 aliphatic carbocycles. The molecule has 0 rings (SSSR count). The maximum absolute atomic E-state index is 11.0. The molecule has 2 nitrogen and oxygen atoms in total. The summed E-state index contributed by atoms with van der Waals surface area (Å²) in [4.78, 5) is 11.0. The number of carbonyl (C=O) groups is 1. The van der Waals surface area contributed by atoms with Gasteiger partial charge in [-0.3, -0.25) is 4.79 Å². The Morgan fingerprint density at radius 2 is 1.73 bits per heavy atom. The van der Waals surface area contributed by atoms with Gasteiger partial charge in [-0.2, -0.15) is 0 Å². The first-order valence-corrected chi connectivity index (χ1v) is 3.92. The monoisotopic (exact) mass is 354 g/mol. The quantitative estimate of drug-likeness (QED) is 0.558. The number of carbonyl (C=O) groups excluding carboxylic acids is 1. The second-order valence-electron chi connectivity index (χ2n) is 2.27. The van der Waals surface area contributed by atoms with E-state index < -0.39 is 0 Å². The van der Waals surface area contributed by atoms with Gasteiger partial charge in [0.2, 0.25) is 0 Å². The van der Waals surface area contributed by atoms with Gasteiger partial charge in [-0.15, -0.1) is 0 Å². The van der Waals surface area contributed by atoms with Gasteiger partial charge in [0.25, 0.3) is 0 Å². The van der Waals surface area contributed by atoms with Crippen LogP contribution in [0.15, 0.2) is 0 Å². The number of hydrogen-bond donors (Lipinski definition) is 0. The zero-order chi connectivity index (χ0) is 7.98. The molecule has 0 fully saturated rings. The summed E-state index contributed by atoms with van der Waals surface area (Å²) in [6.45, 7) is 6.34. The molecule has 0 saturated heterocycles. The molecule has 0 amide bonds. The molecule has 3 heteroatoms. The van der Waals surface area contributed by atoms with Crippen LogP contribution in [-0.4, -0.2) is 39.9 Å². The molecule has 0 atom stereocenters. The molecule has 11 heavy (non-hydrogen) atoms. The van der Waals surface area contributed by atoms with Gasteiger partial charge in [-0.25, -0.2) is 0 Å². The molecule has 0 N–H and O–H groups in total. The van der Waals surface area contributed by atoms with Crippen LogP contribution in [0.2, 0.25) is 0 Å². The summed E-state index contributed by atoms with van der Waals surface area (Å²) >= 11 is 0. The van der Waals surface area contributed by atoms with Crippen molar-refractivity contribution in [3.63, 3.8) is 0 Å². The summed E-state index contributed by atoms with van der Waals surface area (Å²) in [6.07, 6.45) is 1.77. The second-order valence-corrected chi connectivity index (χ2v) is 2.27. The van der Waals surface area contributed by atoms with E-state index >= 15 is 0 Å². The average Bonchev–Trinajstić information content (AvgIpc) is 1.91. The molecule has 0 unspecified atom stereocenters. The van der Waals surface area contributed by atoms with E-state index in [0.29, 0.717) is 6.61 Å². The van der Waals surface area contributed by atoms with Crippen molar-refractivity contribution < 1.29 is 9.53 Å². The fraction of sp³-hybridized carbons (Fsp3) is 0.875. The van der Waals surface area contributed by atoms with E-state index in [2.05, 4.69) is 0 Å². The van der Waals surface area contributed by atoms with Crippen molar-refractivity contribution in [2.45, 2.75) is 33.6 Å². The summed E-state index contributed by atoms with van der Waals surface area (Å²) < 4.78 is 4.85. The summed E-state index contributed by atoms with van der Waals surface area (Å²) in [5.41, 5.74) is 0. The molecule has 0 bridgehead atoms. The van der Waals surface area contributed by atoms with Gasteiger partial charge < -0.3 is 4.74 Å². The van der Waals surface area contributed by atoms with Gasteiger partial charge in [0.1, 0.15) is 0 Å². The third kappa shape index (κ3) is 5.64. The third-order valence-electron chi connectivity index (χ3n) is 1.61. The van der Waals surface area contributed by atoms with E-state index in [9.17, 15) is 4.79 Å². The number of esters is 1. The predicted octanol–water partition coefficient (Wildman–Crippen LogP) is 1.07. The van der Waals surface area contributed by atoms with Crippen LogP contribution >= 0.6 is 0 Å². The maximum atomic E-state index is 11.0. The zero-order valence-electron chi connectivity index (χ0n) is 7.72. The molecule has 0 aliphatic heterocycles. The van der Waals surface area contributed by atoms with Crippen LogP contribution in [0.3, 0.4) is 0 Å². The van der Waals surface area contributed by atoms with Crippen molar-refractivity contribution >= 4 is 33.3 Å². The molecule has 0 aliphatic rings. The van der Waals surface area contributed by atoms with E-state index in [-0.39, 0.29) is 39.2 Å². The number of rotatable bonds is 4. The van der Waals surface area contributed by atoms with Crippen molar-refractivity contribution in [3.05, 3.63) is 0 Å². The van der Waals surface area contributed by atoms with E-state index in [0.717, 1.165) is 12.8 Å². The van der Waals surface area contributed by atoms with Crippen LogP contribution in [0.4, 0.5) is 0 Å². The molecule has 0 heterocycles. The molecule has 0 saturated carbocycles. The molecular weight excluding hydrogens is 335 g/mol. The Morgan fingerprint density at radius 1 is 1.27 bits per heavy atom. The van der Waals surface area contributed by atoms with Crippen LogP contribution in [0.1, 0.15) is 33.6 Å². The first-order valence-electron chi connectivity index (χ1n) is 3.92. The first-order chi connectivity index (χ1) is 4.76. The first kappa shape index (κ1) is 13.9. The van der Waals surface area contributed by atoms with Crippen LogP contribution in [0, 0.1) is 5.92 Å². The summed E-state index contributed by atoms with van der Waals surface area (Å²) in [6, 6.07) is 0. The van der Waals surface area contributed by atoms with Gasteiger partial charge in [0.15, 0.2) is 0 Å². The molecule has 0 aromatic heterocycles. The molecule has 66 valence electrons. The van der Waals surface area contributed by atoms with Gasteiger partial charge >= 0.3 is 33.3 Å². The van der Waals surface area contributed by atoms with Gasteiger partial charge in [0.05, 0.1) is 12.5 Å². The standard InChI is InChI=1S/C8H16O2.Pb.2H/c1-4-7(5-2)8(9)10-6-3;;;/h7H,4-6H2,1-3H3;;;. The number of ether oxygens (including phenoxy) is 1. The number of hydrogen-bond acceptors (Lipinski definition) is 2. The molecule has 2 radical (unpaired) electrons. The Balaban J connectivity index is 0. The minimum atomic E-state index is -0.0486. The van der Waals surface area contributed by atoms with Crippen molar-refractivity contribution in [1.82, 2.24) is 0 Å². The van der Waals surface area contributed by atoms with E-state index in [1.54, 1.807) is 0 Å². The van der Waals surface area contributed by atoms with Gasteiger partial charge in [0, 0.05) is 0 Å². The topological polar surface area (TPSA) is 26.3 Å². The third-order valence-corrected chi connectivity index (χ3v) is 1.61. The van der Waals surface area contributed by atoms with E-state index in [4.69, 9.17) is 4.74 Å². The predicted molar refractivity (Wildman–Crippen MR) is 49.2 cm³/mol. The Hall–Kier alpha value is 0.392. The normalized spacial score (nSPS) is 9.09. The Morgan fingerprint density at radius 3 is 2.00 bits per heavy atom. The molecule has 0 aromatic rings. The van der Waals surface area contributed by atoms with Crippen molar-refractivity contribution in [3.8, 4) is 0 Å². The molecular formula is C8H18O2Pb. The second kappa shape index (κ2) is 8.49. The van der Waals surface area contributed by atoms with Crippen molar-refractivity contribution in [2.24, 2.45) is 5.92 Å². The van der Waals surface area contributed by atoms with Crippen LogP contribution in [-0.2, 0) is 9.53 Å². The van der Waals surface area contributed by atoms with Crippen molar-refractivity contribution in [1.29, 1.82) is 0 Å². The summed E-state index contributed by atoms with van der Waals surface area (Å²) in [5.74, 6) is 0.0625. The van der Waals surface area contributed by atoms with E-state index in [1.165, 1.54) is 0 Å². The Bertz CT molecular complexity index is 100. The SMILES string of the molecule is CCOC(=O)C(CC)CC.[PbH2]. The van der Waals surface area contributed by atoms with Gasteiger partial charge in [-0.05, 0) is 19.8 Å². The Kier molecular flexibility index (Phi) is 10.8. The summed E-state index contributed by atoms with van der Waals surface area (Å²) in [5, 5.41) is 0. The Labute approximate surface area is 88.9 Å². The van der Waals surface area contributed by atoms with E-state index in [1.807, 2.05) is 20.8 Å². The summed E-state index contributed by atoms with van der Waals surface area (Å²) in [7, 11) is 0. The fourth-order valence-corrected chi connectivity index (χ4v) is 0.882. The molecule has 0 spiro atoms. The zero-order valence-corrected chi connectivity index (χ0v) is 13.2.